The Morgan fingerprint density at radius 1 is 0.408 bits per heavy atom. The fraction of sp³-hybridized carbons (Fsp3) is 0.635. The molecule has 30 N–H and O–H groups in total. The van der Waals surface area contributed by atoms with Crippen LogP contribution in [0.1, 0.15) is 133 Å². The molecule has 0 heterocycles. The number of carbonyl (C=O) groups is 14. The molecule has 1 unspecified atom stereocenters. The van der Waals surface area contributed by atoms with Crippen molar-refractivity contribution in [2.75, 3.05) is 26.2 Å². The van der Waals surface area contributed by atoms with E-state index in [4.69, 9.17) is 45.9 Å². The second-order valence-electron chi connectivity index (χ2n) is 25.7. The van der Waals surface area contributed by atoms with Crippen LogP contribution < -0.4 is 104 Å². The maximum absolute atomic E-state index is 14.4. The highest BCUT2D eigenvalue weighted by atomic mass is 32.2. The number of carboxylic acids is 1. The molecule has 40 heteroatoms. The number of aliphatic hydroxyl groups excluding tert-OH is 2. The number of guanidine groups is 3. The Morgan fingerprint density at radius 3 is 1.05 bits per heavy atom. The normalized spacial score (nSPS) is 14.9. The molecule has 39 nitrogen and oxygen atoms in total. The van der Waals surface area contributed by atoms with Crippen LogP contribution in [-0.4, -0.2) is 220 Å². The lowest BCUT2D eigenvalue weighted by Gasteiger charge is -2.29. The number of aliphatic carboxylic acids is 1. The summed E-state index contributed by atoms with van der Waals surface area (Å²) in [6.45, 7) is 12.8. The molecule has 0 spiro atoms. The van der Waals surface area contributed by atoms with Crippen molar-refractivity contribution < 1.29 is 82.4 Å². The molecule has 12 amide bonds. The topological polar surface area (TPSA) is 677 Å². The van der Waals surface area contributed by atoms with Gasteiger partial charge in [0.1, 0.15) is 60.4 Å². The predicted octanol–water partition coefficient (Wildman–Crippen LogP) is -6.97. The molecule has 0 aliphatic carbocycles. The van der Waals surface area contributed by atoms with Crippen molar-refractivity contribution in [1.29, 1.82) is 0 Å². The molecule has 0 aromatic heterocycles. The number of aliphatic hydroxyl groups is 2. The number of rotatable bonds is 48. The third kappa shape index (κ3) is 37.5. The Bertz CT molecular complexity index is 3110. The summed E-state index contributed by atoms with van der Waals surface area (Å²) < 4.78 is 0. The summed E-state index contributed by atoms with van der Waals surface area (Å²) in [5.41, 5.74) is 44.2. The Hall–Kier alpha value is -9.96. The summed E-state index contributed by atoms with van der Waals surface area (Å²) in [7, 11) is 0. The summed E-state index contributed by atoms with van der Waals surface area (Å²) in [6, 6.07) is -10.2. The lowest BCUT2D eigenvalue weighted by molar-refractivity contribution is -0.142. The first-order chi connectivity index (χ1) is 48.1. The number of aliphatic imine (C=N–C) groups is 3. The average molecular weight is 1480 g/mol. The SMILES string of the molecule is CC(C)C[C@H](NC(=O)[C@H](CCCN=C(N)N)NC(=O)[C@H](CCCN=C(N)N)NC(=O)[C@H](C)N)C(=O)N[C@@H](CC(C)C)C(=O)N[C@@H](CC(N)=O)C(=O)N[C@@H](CC(C)C)C(=O)N[C@@H](CO)C(=O)N[C@@H](CCCN=C(N)N)C(=O)N[C@@H](CC(=O)O)C(=O)N[C@H](C(=O)N[C@@H](C)C(=O)Sc1ccccc1)C(C)O. The Morgan fingerprint density at radius 2 is 0.718 bits per heavy atom. The maximum atomic E-state index is 14.4. The van der Waals surface area contributed by atoms with E-state index in [0.717, 1.165) is 18.7 Å². The fourth-order valence-corrected chi connectivity index (χ4v) is 10.4. The summed E-state index contributed by atoms with van der Waals surface area (Å²) in [5.74, 6) is -16.0. The number of hydrogen-bond donors (Lipinski definition) is 22. The van der Waals surface area contributed by atoms with Gasteiger partial charge in [0.05, 0.1) is 37.6 Å². The third-order valence-corrected chi connectivity index (χ3v) is 15.8. The smallest absolute Gasteiger partial charge is 0.305 e. The van der Waals surface area contributed by atoms with Gasteiger partial charge in [-0.1, -0.05) is 59.7 Å². The highest BCUT2D eigenvalue weighted by Crippen LogP contribution is 2.20. The second kappa shape index (κ2) is 47.3. The summed E-state index contributed by atoms with van der Waals surface area (Å²) in [5, 5.41) is 57.2. The third-order valence-electron chi connectivity index (χ3n) is 14.8. The van der Waals surface area contributed by atoms with Crippen molar-refractivity contribution in [1.82, 2.24) is 58.5 Å². The largest absolute Gasteiger partial charge is 0.481 e. The number of thioether (sulfide) groups is 1. The van der Waals surface area contributed by atoms with E-state index < -0.39 is 186 Å². The van der Waals surface area contributed by atoms with Crippen LogP contribution in [0, 0.1) is 17.8 Å². The van der Waals surface area contributed by atoms with Crippen molar-refractivity contribution in [2.45, 2.75) is 216 Å². The Balaban J connectivity index is 3.60. The van der Waals surface area contributed by atoms with Crippen LogP contribution >= 0.6 is 11.8 Å². The summed E-state index contributed by atoms with van der Waals surface area (Å²) in [6.07, 6.45) is -4.15. The van der Waals surface area contributed by atoms with Crippen LogP contribution in [0.25, 0.3) is 0 Å². The molecule has 0 aliphatic heterocycles. The number of hydrogen-bond acceptors (Lipinski definition) is 21. The lowest BCUT2D eigenvalue weighted by Crippen LogP contribution is -2.62. The highest BCUT2D eigenvalue weighted by molar-refractivity contribution is 8.13. The van der Waals surface area contributed by atoms with Gasteiger partial charge in [-0.05, 0) is 120 Å². The van der Waals surface area contributed by atoms with Crippen LogP contribution in [0.15, 0.2) is 50.2 Å². The van der Waals surface area contributed by atoms with Crippen molar-refractivity contribution in [2.24, 2.45) is 78.6 Å². The minimum Gasteiger partial charge on any atom is -0.481 e. The highest BCUT2D eigenvalue weighted by Gasteiger charge is 2.38. The van der Waals surface area contributed by atoms with Crippen molar-refractivity contribution >= 4 is 112 Å². The van der Waals surface area contributed by atoms with E-state index in [2.05, 4.69) is 73.5 Å². The van der Waals surface area contributed by atoms with Crippen molar-refractivity contribution in [3.63, 3.8) is 0 Å². The van der Waals surface area contributed by atoms with E-state index in [1.165, 1.54) is 13.8 Å². The van der Waals surface area contributed by atoms with Crippen LogP contribution in [0.2, 0.25) is 0 Å². The molecule has 0 radical (unpaired) electrons. The van der Waals surface area contributed by atoms with Crippen LogP contribution in [-0.2, 0) is 67.1 Å². The van der Waals surface area contributed by atoms with E-state index in [-0.39, 0.29) is 107 Å². The summed E-state index contributed by atoms with van der Waals surface area (Å²) in [4.78, 5) is 203. The first-order valence-corrected chi connectivity index (χ1v) is 34.3. The van der Waals surface area contributed by atoms with Crippen LogP contribution in [0.4, 0.5) is 0 Å². The van der Waals surface area contributed by atoms with E-state index in [0.29, 0.717) is 4.90 Å². The number of carboxylic acid groups (broad SMARTS) is 1. The molecule has 1 rings (SSSR count). The number of nitrogens with zero attached hydrogens (tertiary/aromatic N) is 3. The van der Waals surface area contributed by atoms with Gasteiger partial charge in [0, 0.05) is 24.5 Å². The zero-order valence-corrected chi connectivity index (χ0v) is 60.5. The molecule has 578 valence electrons. The van der Waals surface area contributed by atoms with Gasteiger partial charge in [-0.25, -0.2) is 0 Å². The standard InChI is InChI=1S/C63H108N22O17S/c1-30(2)24-40(79-51(93)38(19-14-22-73-62(68)69)77-50(92)37(76-49(91)33(7)64)18-13-21-72-61(66)67)53(95)80-41(25-31(3)4)54(96)82-43(27-46(65)88)56(98)81-42(26-32(5)6)55(97)84-45(29-86)58(100)78-39(20-15-23-74-63(70)71)52(94)83-44(28-47(89)90)57(99)85-48(35(9)87)59(101)75-34(8)60(102)103-36-16-11-10-12-17-36/h10-12,16-17,30-35,37-45,48,86-87H,13-15,18-29,64H2,1-9H3,(H2,65,88)(H,75,101)(H,76,91)(H,77,92)(H,78,100)(H,79,93)(H,80,95)(H,81,98)(H,82,96)(H,83,94)(H,84,97)(H,85,99)(H,89,90)(H4,66,67,72)(H4,68,69,73)(H4,70,71,74)/t33-,34-,35?,37-,38-,39-,40-,41-,42-,43-,44-,45-,48-/m0/s1. The van der Waals surface area contributed by atoms with Gasteiger partial charge < -0.3 is 120 Å². The second-order valence-corrected chi connectivity index (χ2v) is 26.8. The number of nitrogens with one attached hydrogen (secondary N) is 11. The Labute approximate surface area is 601 Å². The Kier molecular flexibility index (Phi) is 41.8. The van der Waals surface area contributed by atoms with Crippen LogP contribution in [0.5, 0.6) is 0 Å². The molecule has 0 aliphatic rings. The summed E-state index contributed by atoms with van der Waals surface area (Å²) >= 11 is 0.809. The molecule has 0 saturated carbocycles. The van der Waals surface area contributed by atoms with Crippen molar-refractivity contribution in [3.8, 4) is 0 Å². The molecule has 0 fully saturated rings. The molecule has 103 heavy (non-hydrogen) atoms. The van der Waals surface area contributed by atoms with Gasteiger partial charge in [-0.2, -0.15) is 0 Å². The predicted molar refractivity (Wildman–Crippen MR) is 381 cm³/mol. The molecule has 1 aromatic rings. The first kappa shape index (κ1) is 91.1. The van der Waals surface area contributed by atoms with Crippen molar-refractivity contribution in [3.05, 3.63) is 30.3 Å². The number of carbonyl (C=O) groups excluding carboxylic acids is 13. The van der Waals surface area contributed by atoms with Gasteiger partial charge in [0.15, 0.2) is 17.9 Å². The van der Waals surface area contributed by atoms with Gasteiger partial charge in [-0.15, -0.1) is 0 Å². The molecule has 0 bridgehead atoms. The van der Waals surface area contributed by atoms with Gasteiger partial charge in [0.25, 0.3) is 0 Å². The van der Waals surface area contributed by atoms with E-state index >= 15 is 0 Å². The molecule has 13 atom stereocenters. The zero-order valence-electron chi connectivity index (χ0n) is 59.7. The number of primary amides is 1. The van der Waals surface area contributed by atoms with E-state index in [9.17, 15) is 82.4 Å². The first-order valence-electron chi connectivity index (χ1n) is 33.5. The number of nitrogens with two attached hydrogens (primary N) is 8. The van der Waals surface area contributed by atoms with Gasteiger partial charge in [0.2, 0.25) is 76.0 Å². The van der Waals surface area contributed by atoms with E-state index in [1.807, 2.05) is 0 Å². The monoisotopic (exact) mass is 1480 g/mol. The van der Waals surface area contributed by atoms with E-state index in [1.54, 1.807) is 71.9 Å². The van der Waals surface area contributed by atoms with Gasteiger partial charge in [-0.3, -0.25) is 82.1 Å². The molecular weight excluding hydrogens is 1370 g/mol. The molecular formula is C63H108N22O17S. The zero-order chi connectivity index (χ0) is 78.4. The quantitative estimate of drug-likeness (QED) is 0.0125. The fourth-order valence-electron chi connectivity index (χ4n) is 9.61. The lowest BCUT2D eigenvalue weighted by atomic mass is 9.99. The molecule has 1 aromatic carbocycles. The molecule has 0 saturated heterocycles. The van der Waals surface area contributed by atoms with Crippen LogP contribution in [0.3, 0.4) is 0 Å². The number of benzene rings is 1. The number of amides is 12. The average Bonchev–Trinajstić information content (AvgIpc) is 0.858. The minimum atomic E-state index is -2.00. The maximum Gasteiger partial charge on any atom is 0.305 e. The minimum absolute atomic E-state index is 0.000632. The van der Waals surface area contributed by atoms with Gasteiger partial charge >= 0.3 is 5.97 Å².